The van der Waals surface area contributed by atoms with Gasteiger partial charge in [0.1, 0.15) is 11.5 Å². The number of ether oxygens (including phenoxy) is 2. The highest BCUT2D eigenvalue weighted by Gasteiger charge is 2.30. The third kappa shape index (κ3) is 5.83. The number of aryl methyl sites for hydroxylation is 1. The van der Waals surface area contributed by atoms with Crippen LogP contribution >= 0.6 is 0 Å². The number of para-hydroxylation sites is 1. The molecular weight excluding hydrogens is 414 g/mol. The molecule has 1 fully saturated rings. The van der Waals surface area contributed by atoms with Gasteiger partial charge in [-0.15, -0.1) is 6.58 Å². The number of hydrogen-bond acceptors (Lipinski definition) is 5. The Kier molecular flexibility index (Phi) is 6.86. The van der Waals surface area contributed by atoms with E-state index in [1.54, 1.807) is 20.1 Å². The zero-order valence-corrected chi connectivity index (χ0v) is 19.7. The minimum Gasteiger partial charge on any atom is -0.497 e. The van der Waals surface area contributed by atoms with E-state index in [-0.39, 0.29) is 0 Å². The molecule has 1 aliphatic rings. The second-order valence-electron chi connectivity index (χ2n) is 9.07. The Morgan fingerprint density at radius 1 is 1.15 bits per heavy atom. The highest BCUT2D eigenvalue weighted by atomic mass is 16.5. The smallest absolute Gasteiger partial charge is 0.227 e. The van der Waals surface area contributed by atoms with Gasteiger partial charge in [0.25, 0.3) is 0 Å². The first-order valence-corrected chi connectivity index (χ1v) is 11.4. The molecule has 0 amide bonds. The van der Waals surface area contributed by atoms with Crippen molar-refractivity contribution in [3.05, 3.63) is 78.5 Å². The van der Waals surface area contributed by atoms with Crippen LogP contribution in [0.1, 0.15) is 31.0 Å². The fourth-order valence-corrected chi connectivity index (χ4v) is 3.92. The van der Waals surface area contributed by atoms with Crippen LogP contribution in [0.15, 0.2) is 67.3 Å². The fraction of sp³-hybridized carbons (Fsp3) is 0.370. The Hall–Kier alpha value is -3.09. The summed E-state index contributed by atoms with van der Waals surface area (Å²) in [6.45, 7) is 9.69. The summed E-state index contributed by atoms with van der Waals surface area (Å²) in [7, 11) is 1.65. The van der Waals surface area contributed by atoms with E-state index in [1.165, 1.54) is 12.8 Å². The Morgan fingerprint density at radius 3 is 2.42 bits per heavy atom. The Morgan fingerprint density at radius 2 is 1.82 bits per heavy atom. The molecule has 6 nitrogen and oxygen atoms in total. The minimum absolute atomic E-state index is 0.505. The summed E-state index contributed by atoms with van der Waals surface area (Å²) in [6.07, 6.45) is 4.09. The highest BCUT2D eigenvalue weighted by molar-refractivity contribution is 5.44. The third-order valence-corrected chi connectivity index (χ3v) is 5.99. The van der Waals surface area contributed by atoms with E-state index >= 15 is 0 Å². The molecule has 4 rings (SSSR count). The molecule has 1 aromatic heterocycles. The molecular formula is C27H33N3O3. The van der Waals surface area contributed by atoms with Crippen molar-refractivity contribution in [2.24, 2.45) is 5.92 Å². The Labute approximate surface area is 196 Å². The maximum absolute atomic E-state index is 10.7. The second kappa shape index (κ2) is 9.81. The van der Waals surface area contributed by atoms with Crippen LogP contribution in [0.25, 0.3) is 5.69 Å². The van der Waals surface area contributed by atoms with Crippen molar-refractivity contribution in [3.63, 3.8) is 0 Å². The first kappa shape index (κ1) is 23.1. The summed E-state index contributed by atoms with van der Waals surface area (Å²) in [5, 5.41) is 15.5. The summed E-state index contributed by atoms with van der Waals surface area (Å²) in [4.78, 5) is 2.29. The van der Waals surface area contributed by atoms with Crippen molar-refractivity contribution in [2.45, 2.75) is 38.8 Å². The fourth-order valence-electron chi connectivity index (χ4n) is 3.92. The van der Waals surface area contributed by atoms with Gasteiger partial charge in [-0.1, -0.05) is 24.3 Å². The van der Waals surface area contributed by atoms with E-state index < -0.39 is 5.60 Å². The molecule has 174 valence electrons. The summed E-state index contributed by atoms with van der Waals surface area (Å²) in [5.41, 5.74) is 1.88. The Bertz CT molecular complexity index is 1070. The average Bonchev–Trinajstić information content (AvgIpc) is 3.59. The summed E-state index contributed by atoms with van der Waals surface area (Å²) < 4.78 is 13.6. The minimum atomic E-state index is -0.963. The molecule has 1 saturated carbocycles. The van der Waals surface area contributed by atoms with Crippen LogP contribution in [-0.2, 0) is 6.54 Å². The van der Waals surface area contributed by atoms with Gasteiger partial charge in [0.15, 0.2) is 0 Å². The summed E-state index contributed by atoms with van der Waals surface area (Å²) in [5.74, 6) is 2.85. The van der Waals surface area contributed by atoms with Crippen LogP contribution < -0.4 is 9.47 Å². The number of methoxy groups -OCH3 is 1. The molecule has 0 bridgehead atoms. The van der Waals surface area contributed by atoms with Gasteiger partial charge in [-0.05, 0) is 69.0 Å². The quantitative estimate of drug-likeness (QED) is 0.413. The van der Waals surface area contributed by atoms with E-state index in [0.29, 0.717) is 30.6 Å². The Balaban J connectivity index is 1.70. The SMILES string of the molecule is C=CC(C)(O)CN(Cc1c(C)nn(-c2ccccc2)c1Oc1ccc(OC)cc1)CC1CC1. The number of rotatable bonds is 11. The molecule has 1 heterocycles. The van der Waals surface area contributed by atoms with Crippen LogP contribution in [0.4, 0.5) is 0 Å². The van der Waals surface area contributed by atoms with Crippen LogP contribution in [0.3, 0.4) is 0 Å². The molecule has 0 radical (unpaired) electrons. The summed E-state index contributed by atoms with van der Waals surface area (Å²) in [6, 6.07) is 17.5. The van der Waals surface area contributed by atoms with Gasteiger partial charge in [-0.2, -0.15) is 5.10 Å². The van der Waals surface area contributed by atoms with Crippen molar-refractivity contribution in [1.82, 2.24) is 14.7 Å². The molecule has 0 aliphatic heterocycles. The topological polar surface area (TPSA) is 59.8 Å². The maximum atomic E-state index is 10.7. The molecule has 0 saturated heterocycles. The largest absolute Gasteiger partial charge is 0.497 e. The molecule has 1 N–H and O–H groups in total. The standard InChI is InChI=1S/C27H33N3O3/c1-5-27(3,31)19-29(17-21-11-12-21)18-25-20(2)28-30(22-9-7-6-8-10-22)26(25)33-24-15-13-23(32-4)14-16-24/h5-10,13-16,21,31H,1,11-12,17-19H2,2-4H3. The van der Waals surface area contributed by atoms with Crippen LogP contribution in [-0.4, -0.2) is 45.6 Å². The van der Waals surface area contributed by atoms with E-state index in [0.717, 1.165) is 29.2 Å². The van der Waals surface area contributed by atoms with Crippen molar-refractivity contribution in [3.8, 4) is 23.1 Å². The van der Waals surface area contributed by atoms with Gasteiger partial charge in [0, 0.05) is 19.6 Å². The molecule has 1 atom stereocenters. The molecule has 1 aliphatic carbocycles. The lowest BCUT2D eigenvalue weighted by Gasteiger charge is -2.29. The van der Waals surface area contributed by atoms with Crippen LogP contribution in [0.5, 0.6) is 17.4 Å². The van der Waals surface area contributed by atoms with Gasteiger partial charge in [0.2, 0.25) is 5.88 Å². The van der Waals surface area contributed by atoms with Crippen molar-refractivity contribution in [2.75, 3.05) is 20.2 Å². The van der Waals surface area contributed by atoms with Gasteiger partial charge >= 0.3 is 0 Å². The molecule has 6 heteroatoms. The van der Waals surface area contributed by atoms with E-state index in [1.807, 2.05) is 66.2 Å². The number of aromatic nitrogens is 2. The molecule has 3 aromatic rings. The second-order valence-corrected chi connectivity index (χ2v) is 9.07. The highest BCUT2D eigenvalue weighted by Crippen LogP contribution is 2.35. The maximum Gasteiger partial charge on any atom is 0.227 e. The van der Waals surface area contributed by atoms with Crippen LogP contribution in [0, 0.1) is 12.8 Å². The normalized spacial score (nSPS) is 15.3. The first-order chi connectivity index (χ1) is 15.9. The zero-order valence-electron chi connectivity index (χ0n) is 19.7. The monoisotopic (exact) mass is 447 g/mol. The van der Waals surface area contributed by atoms with Crippen molar-refractivity contribution < 1.29 is 14.6 Å². The zero-order chi connectivity index (χ0) is 23.4. The lowest BCUT2D eigenvalue weighted by Crippen LogP contribution is -2.40. The molecule has 33 heavy (non-hydrogen) atoms. The summed E-state index contributed by atoms with van der Waals surface area (Å²) >= 11 is 0. The molecule has 1 unspecified atom stereocenters. The van der Waals surface area contributed by atoms with Crippen molar-refractivity contribution in [1.29, 1.82) is 0 Å². The number of hydrogen-bond donors (Lipinski definition) is 1. The number of aliphatic hydroxyl groups is 1. The first-order valence-electron chi connectivity index (χ1n) is 11.4. The van der Waals surface area contributed by atoms with Crippen molar-refractivity contribution >= 4 is 0 Å². The number of nitrogens with zero attached hydrogens (tertiary/aromatic N) is 3. The molecule has 0 spiro atoms. The van der Waals surface area contributed by atoms with E-state index in [9.17, 15) is 5.11 Å². The lowest BCUT2D eigenvalue weighted by molar-refractivity contribution is 0.0565. The van der Waals surface area contributed by atoms with Gasteiger partial charge in [0.05, 0.1) is 29.7 Å². The van der Waals surface area contributed by atoms with E-state index in [4.69, 9.17) is 14.6 Å². The predicted molar refractivity (Wildman–Crippen MR) is 130 cm³/mol. The van der Waals surface area contributed by atoms with Gasteiger partial charge < -0.3 is 14.6 Å². The van der Waals surface area contributed by atoms with Gasteiger partial charge in [-0.25, -0.2) is 4.68 Å². The molecule has 2 aromatic carbocycles. The number of benzene rings is 2. The average molecular weight is 448 g/mol. The predicted octanol–water partition coefficient (Wildman–Crippen LogP) is 5.13. The van der Waals surface area contributed by atoms with Gasteiger partial charge in [-0.3, -0.25) is 4.90 Å². The third-order valence-electron chi connectivity index (χ3n) is 5.99. The van der Waals surface area contributed by atoms with E-state index in [2.05, 4.69) is 11.5 Å². The lowest BCUT2D eigenvalue weighted by atomic mass is 10.1. The van der Waals surface area contributed by atoms with Crippen LogP contribution in [0.2, 0.25) is 0 Å².